The third-order valence-corrected chi connectivity index (χ3v) is 3.94. The maximum Gasteiger partial charge on any atom is 0.408 e. The van der Waals surface area contributed by atoms with Crippen molar-refractivity contribution in [3.8, 4) is 5.75 Å². The molecule has 0 radical (unpaired) electrons. The number of fused-ring (bicyclic) bond motifs is 1. The summed E-state index contributed by atoms with van der Waals surface area (Å²) in [5.74, 6) is 1.15. The van der Waals surface area contributed by atoms with Gasteiger partial charge in [0.05, 0.1) is 17.6 Å². The molecule has 8 nitrogen and oxygen atoms in total. The standard InChI is InChI=1S/C20H30N4O4/c1-7-21-18(25)13(3)27-14-9-10-15-16(11-14)24(8-2)17(23-15)12-22-19(26)28-20(4,5)6/h9-11,13H,7-8,12H2,1-6H3,(H,21,25)(H,22,26)/t13-/m1/s1. The second-order valence-corrected chi connectivity index (χ2v) is 7.43. The fraction of sp³-hybridized carbons (Fsp3) is 0.550. The van der Waals surface area contributed by atoms with Crippen molar-refractivity contribution < 1.29 is 19.1 Å². The third-order valence-electron chi connectivity index (χ3n) is 3.94. The lowest BCUT2D eigenvalue weighted by Gasteiger charge is -2.19. The van der Waals surface area contributed by atoms with Gasteiger partial charge in [0.15, 0.2) is 6.10 Å². The lowest BCUT2D eigenvalue weighted by atomic mass is 10.2. The Kier molecular flexibility index (Phi) is 6.88. The number of aryl methyl sites for hydroxylation is 1. The van der Waals surface area contributed by atoms with E-state index in [-0.39, 0.29) is 12.5 Å². The van der Waals surface area contributed by atoms with Crippen LogP contribution in [0.3, 0.4) is 0 Å². The van der Waals surface area contributed by atoms with Crippen molar-refractivity contribution >= 4 is 23.0 Å². The van der Waals surface area contributed by atoms with Gasteiger partial charge in [-0.05, 0) is 53.7 Å². The first-order valence-electron chi connectivity index (χ1n) is 9.55. The molecule has 1 aromatic heterocycles. The highest BCUT2D eigenvalue weighted by Crippen LogP contribution is 2.23. The van der Waals surface area contributed by atoms with Gasteiger partial charge in [-0.2, -0.15) is 0 Å². The van der Waals surface area contributed by atoms with E-state index in [0.29, 0.717) is 18.8 Å². The van der Waals surface area contributed by atoms with Gasteiger partial charge in [-0.3, -0.25) is 4.79 Å². The van der Waals surface area contributed by atoms with E-state index < -0.39 is 17.8 Å². The van der Waals surface area contributed by atoms with E-state index in [1.54, 1.807) is 13.0 Å². The molecule has 0 unspecified atom stereocenters. The predicted molar refractivity (Wildman–Crippen MR) is 107 cm³/mol. The van der Waals surface area contributed by atoms with E-state index in [1.807, 2.05) is 51.3 Å². The maximum absolute atomic E-state index is 11.9. The fourth-order valence-corrected chi connectivity index (χ4v) is 2.75. The monoisotopic (exact) mass is 390 g/mol. The number of imidazole rings is 1. The highest BCUT2D eigenvalue weighted by molar-refractivity contribution is 5.81. The molecule has 2 N–H and O–H groups in total. The Morgan fingerprint density at radius 3 is 2.54 bits per heavy atom. The number of aromatic nitrogens is 2. The van der Waals surface area contributed by atoms with Crippen LogP contribution in [0.2, 0.25) is 0 Å². The lowest BCUT2D eigenvalue weighted by Crippen LogP contribution is -2.36. The summed E-state index contributed by atoms with van der Waals surface area (Å²) >= 11 is 0. The van der Waals surface area contributed by atoms with E-state index in [9.17, 15) is 9.59 Å². The number of rotatable bonds is 7. The molecule has 0 saturated carbocycles. The van der Waals surface area contributed by atoms with Crippen LogP contribution in [0.1, 0.15) is 47.4 Å². The topological polar surface area (TPSA) is 94.5 Å². The van der Waals surface area contributed by atoms with Gasteiger partial charge in [0.1, 0.15) is 17.2 Å². The van der Waals surface area contributed by atoms with Crippen LogP contribution in [0.15, 0.2) is 18.2 Å². The second kappa shape index (κ2) is 8.95. The van der Waals surface area contributed by atoms with Crippen LogP contribution >= 0.6 is 0 Å². The van der Waals surface area contributed by atoms with Gasteiger partial charge in [0.2, 0.25) is 0 Å². The molecule has 8 heteroatoms. The Labute approximate surface area is 165 Å². The molecule has 2 amide bonds. The van der Waals surface area contributed by atoms with Gasteiger partial charge in [0.25, 0.3) is 5.91 Å². The Hall–Kier alpha value is -2.77. The van der Waals surface area contributed by atoms with Gasteiger partial charge >= 0.3 is 6.09 Å². The largest absolute Gasteiger partial charge is 0.481 e. The van der Waals surface area contributed by atoms with Gasteiger partial charge in [-0.15, -0.1) is 0 Å². The first-order chi connectivity index (χ1) is 13.1. The SMILES string of the molecule is CCNC(=O)[C@@H](C)Oc1ccc2nc(CNC(=O)OC(C)(C)C)n(CC)c2c1. The number of ether oxygens (including phenoxy) is 2. The van der Waals surface area contributed by atoms with Crippen molar-refractivity contribution in [2.24, 2.45) is 0 Å². The van der Waals surface area contributed by atoms with Crippen LogP contribution < -0.4 is 15.4 Å². The summed E-state index contributed by atoms with van der Waals surface area (Å²) in [5.41, 5.74) is 1.12. The molecule has 2 rings (SSSR count). The number of benzene rings is 1. The number of carbonyl (C=O) groups is 2. The number of nitrogens with zero attached hydrogens (tertiary/aromatic N) is 2. The smallest absolute Gasteiger partial charge is 0.408 e. The van der Waals surface area contributed by atoms with E-state index in [4.69, 9.17) is 9.47 Å². The van der Waals surface area contributed by atoms with Crippen molar-refractivity contribution in [3.05, 3.63) is 24.0 Å². The van der Waals surface area contributed by atoms with Crippen LogP contribution in [0, 0.1) is 0 Å². The average molecular weight is 390 g/mol. The fourth-order valence-electron chi connectivity index (χ4n) is 2.75. The van der Waals surface area contributed by atoms with E-state index in [2.05, 4.69) is 15.6 Å². The molecule has 0 fully saturated rings. The summed E-state index contributed by atoms with van der Waals surface area (Å²) in [4.78, 5) is 28.4. The number of nitrogens with one attached hydrogen (secondary N) is 2. The van der Waals surface area contributed by atoms with Crippen LogP contribution in [0.25, 0.3) is 11.0 Å². The van der Waals surface area contributed by atoms with Crippen molar-refractivity contribution in [3.63, 3.8) is 0 Å². The van der Waals surface area contributed by atoms with Gasteiger partial charge in [-0.1, -0.05) is 0 Å². The van der Waals surface area contributed by atoms with Gasteiger partial charge < -0.3 is 24.7 Å². The lowest BCUT2D eigenvalue weighted by molar-refractivity contribution is -0.127. The molecule has 154 valence electrons. The number of amides is 2. The molecular weight excluding hydrogens is 360 g/mol. The minimum Gasteiger partial charge on any atom is -0.481 e. The average Bonchev–Trinajstić information content (AvgIpc) is 2.95. The molecule has 1 heterocycles. The van der Waals surface area contributed by atoms with Crippen LogP contribution in [0.5, 0.6) is 5.75 Å². The normalized spacial score (nSPS) is 12.5. The summed E-state index contributed by atoms with van der Waals surface area (Å²) in [6, 6.07) is 5.49. The zero-order valence-corrected chi connectivity index (χ0v) is 17.5. The molecule has 2 aromatic rings. The molecule has 28 heavy (non-hydrogen) atoms. The Morgan fingerprint density at radius 1 is 1.21 bits per heavy atom. The van der Waals surface area contributed by atoms with Crippen molar-refractivity contribution in [1.82, 2.24) is 20.2 Å². The molecule has 0 saturated heterocycles. The highest BCUT2D eigenvalue weighted by Gasteiger charge is 2.18. The quantitative estimate of drug-likeness (QED) is 0.758. The number of likely N-dealkylation sites (N-methyl/N-ethyl adjacent to an activating group) is 1. The number of carbonyl (C=O) groups excluding carboxylic acids is 2. The van der Waals surface area contributed by atoms with Gasteiger partial charge in [0, 0.05) is 19.2 Å². The zero-order valence-electron chi connectivity index (χ0n) is 17.5. The summed E-state index contributed by atoms with van der Waals surface area (Å²) in [6.07, 6.45) is -1.08. The van der Waals surface area contributed by atoms with E-state index in [1.165, 1.54) is 0 Å². The first kappa shape index (κ1) is 21.5. The Balaban J connectivity index is 2.17. The number of alkyl carbamates (subject to hydrolysis) is 1. The first-order valence-corrected chi connectivity index (χ1v) is 9.55. The molecule has 1 aromatic carbocycles. The molecular formula is C20H30N4O4. The highest BCUT2D eigenvalue weighted by atomic mass is 16.6. The van der Waals surface area contributed by atoms with Crippen LogP contribution in [0.4, 0.5) is 4.79 Å². The second-order valence-electron chi connectivity index (χ2n) is 7.43. The summed E-state index contributed by atoms with van der Waals surface area (Å²) in [7, 11) is 0. The van der Waals surface area contributed by atoms with Crippen molar-refractivity contribution in [2.45, 2.75) is 66.3 Å². The van der Waals surface area contributed by atoms with Crippen LogP contribution in [-0.2, 0) is 22.6 Å². The Bertz CT molecular complexity index is 839. The predicted octanol–water partition coefficient (Wildman–Crippen LogP) is 2.98. The minimum absolute atomic E-state index is 0.158. The molecule has 0 spiro atoms. The zero-order chi connectivity index (χ0) is 20.9. The molecule has 0 aliphatic carbocycles. The minimum atomic E-state index is -0.594. The van der Waals surface area contributed by atoms with Crippen molar-refractivity contribution in [1.29, 1.82) is 0 Å². The van der Waals surface area contributed by atoms with Crippen LogP contribution in [-0.4, -0.2) is 39.8 Å². The summed E-state index contributed by atoms with van der Waals surface area (Å²) in [6.45, 7) is 12.5. The molecule has 0 aliphatic heterocycles. The summed E-state index contributed by atoms with van der Waals surface area (Å²) in [5, 5.41) is 5.48. The Morgan fingerprint density at radius 2 is 1.93 bits per heavy atom. The summed E-state index contributed by atoms with van der Waals surface area (Å²) < 4.78 is 13.0. The van der Waals surface area contributed by atoms with Gasteiger partial charge in [-0.25, -0.2) is 9.78 Å². The van der Waals surface area contributed by atoms with E-state index >= 15 is 0 Å². The molecule has 0 bridgehead atoms. The molecule has 0 aliphatic rings. The molecule has 1 atom stereocenters. The number of hydrogen-bond acceptors (Lipinski definition) is 5. The van der Waals surface area contributed by atoms with E-state index in [0.717, 1.165) is 16.9 Å². The maximum atomic E-state index is 11.9. The number of hydrogen-bond donors (Lipinski definition) is 2. The van der Waals surface area contributed by atoms with Crippen molar-refractivity contribution in [2.75, 3.05) is 6.54 Å². The third kappa shape index (κ3) is 5.61.